The minimum absolute atomic E-state index is 0.0109. The van der Waals surface area contributed by atoms with E-state index in [-0.39, 0.29) is 12.1 Å². The van der Waals surface area contributed by atoms with Crippen molar-refractivity contribution in [2.75, 3.05) is 20.2 Å². The van der Waals surface area contributed by atoms with E-state index < -0.39 is 10.0 Å². The molecule has 0 aromatic carbocycles. The monoisotopic (exact) mass is 332 g/mol. The second-order valence-corrected chi connectivity index (χ2v) is 8.48. The molecule has 1 heterocycles. The number of thiophene rings is 1. The summed E-state index contributed by atoms with van der Waals surface area (Å²) >= 11 is 1.36. The van der Waals surface area contributed by atoms with Crippen molar-refractivity contribution in [3.8, 4) is 0 Å². The molecule has 21 heavy (non-hydrogen) atoms. The van der Waals surface area contributed by atoms with Gasteiger partial charge < -0.3 is 10.1 Å². The average molecular weight is 332 g/mol. The summed E-state index contributed by atoms with van der Waals surface area (Å²) in [5, 5.41) is 3.32. The van der Waals surface area contributed by atoms with E-state index in [1.54, 1.807) is 13.2 Å². The van der Waals surface area contributed by atoms with E-state index in [4.69, 9.17) is 4.74 Å². The van der Waals surface area contributed by atoms with Gasteiger partial charge in [0.05, 0.1) is 6.10 Å². The molecule has 1 aliphatic rings. The Kier molecular flexibility index (Phi) is 6.19. The second kappa shape index (κ2) is 7.69. The molecule has 1 aliphatic carbocycles. The smallest absolute Gasteiger partial charge is 0.250 e. The van der Waals surface area contributed by atoms with Crippen LogP contribution in [0.2, 0.25) is 0 Å². The van der Waals surface area contributed by atoms with E-state index in [0.29, 0.717) is 4.21 Å². The van der Waals surface area contributed by atoms with Crippen molar-refractivity contribution in [2.45, 2.75) is 49.0 Å². The van der Waals surface area contributed by atoms with Gasteiger partial charge in [-0.3, -0.25) is 0 Å². The zero-order valence-electron chi connectivity index (χ0n) is 12.6. The lowest BCUT2D eigenvalue weighted by atomic mass is 9.90. The van der Waals surface area contributed by atoms with Crippen LogP contribution < -0.4 is 10.0 Å². The zero-order valence-corrected chi connectivity index (χ0v) is 14.2. The standard InChI is InChI=1S/C14H24N2O3S2/c1-3-7-15-8-6-13-4-5-14(20-13)21(17,18)16-11-9-12(10-11)19-2/h4-5,11-12,15-16H,3,6-10H2,1-2H3. The molecule has 0 amide bonds. The molecule has 7 heteroatoms. The maximum absolute atomic E-state index is 12.3. The van der Waals surface area contributed by atoms with Gasteiger partial charge in [-0.05, 0) is 50.9 Å². The highest BCUT2D eigenvalue weighted by molar-refractivity contribution is 7.91. The van der Waals surface area contributed by atoms with Crippen molar-refractivity contribution in [1.82, 2.24) is 10.0 Å². The van der Waals surface area contributed by atoms with E-state index in [2.05, 4.69) is 17.0 Å². The number of nitrogens with one attached hydrogen (secondary N) is 2. The highest BCUT2D eigenvalue weighted by atomic mass is 32.2. The van der Waals surface area contributed by atoms with Crippen LogP contribution in [0.5, 0.6) is 0 Å². The highest BCUT2D eigenvalue weighted by Gasteiger charge is 2.33. The Morgan fingerprint density at radius 3 is 2.76 bits per heavy atom. The van der Waals surface area contributed by atoms with Crippen LogP contribution in [0.1, 0.15) is 31.1 Å². The van der Waals surface area contributed by atoms with Gasteiger partial charge in [-0.2, -0.15) is 0 Å². The molecule has 1 saturated carbocycles. The Morgan fingerprint density at radius 1 is 1.33 bits per heavy atom. The molecule has 0 saturated heterocycles. The van der Waals surface area contributed by atoms with Gasteiger partial charge in [0.15, 0.2) is 0 Å². The summed E-state index contributed by atoms with van der Waals surface area (Å²) in [6.45, 7) is 4.02. The topological polar surface area (TPSA) is 67.4 Å². The molecule has 2 rings (SSSR count). The Morgan fingerprint density at radius 2 is 2.10 bits per heavy atom. The number of ether oxygens (including phenoxy) is 1. The summed E-state index contributed by atoms with van der Waals surface area (Å²) in [4.78, 5) is 1.10. The van der Waals surface area contributed by atoms with Crippen LogP contribution in [-0.4, -0.2) is 40.8 Å². The normalized spacial score (nSPS) is 22.2. The van der Waals surface area contributed by atoms with Crippen molar-refractivity contribution < 1.29 is 13.2 Å². The molecule has 0 spiro atoms. The summed E-state index contributed by atoms with van der Waals surface area (Å²) < 4.78 is 32.9. The third-order valence-electron chi connectivity index (χ3n) is 3.63. The highest BCUT2D eigenvalue weighted by Crippen LogP contribution is 2.27. The molecule has 0 radical (unpaired) electrons. The maximum atomic E-state index is 12.3. The van der Waals surface area contributed by atoms with Gasteiger partial charge in [0.25, 0.3) is 0 Å². The van der Waals surface area contributed by atoms with Crippen LogP contribution in [0.25, 0.3) is 0 Å². The Labute approximate surface area is 131 Å². The van der Waals surface area contributed by atoms with Crippen LogP contribution >= 0.6 is 11.3 Å². The van der Waals surface area contributed by atoms with Crippen molar-refractivity contribution in [2.24, 2.45) is 0 Å². The van der Waals surface area contributed by atoms with Crippen molar-refractivity contribution in [1.29, 1.82) is 0 Å². The van der Waals surface area contributed by atoms with E-state index in [0.717, 1.165) is 43.6 Å². The molecule has 120 valence electrons. The van der Waals surface area contributed by atoms with Gasteiger partial charge >= 0.3 is 0 Å². The van der Waals surface area contributed by atoms with E-state index in [1.807, 2.05) is 6.07 Å². The third-order valence-corrected chi connectivity index (χ3v) is 6.78. The van der Waals surface area contributed by atoms with Crippen LogP contribution in [0, 0.1) is 0 Å². The number of rotatable bonds is 9. The second-order valence-electron chi connectivity index (χ2n) is 5.37. The average Bonchev–Trinajstić information content (AvgIpc) is 2.88. The Hall–Kier alpha value is -0.470. The molecule has 0 unspecified atom stereocenters. The summed E-state index contributed by atoms with van der Waals surface area (Å²) in [6.07, 6.45) is 3.69. The number of hydrogen-bond donors (Lipinski definition) is 2. The van der Waals surface area contributed by atoms with Crippen molar-refractivity contribution in [3.63, 3.8) is 0 Å². The largest absolute Gasteiger partial charge is 0.381 e. The van der Waals surface area contributed by atoms with Gasteiger partial charge in [-0.15, -0.1) is 11.3 Å². The lowest BCUT2D eigenvalue weighted by Gasteiger charge is -2.34. The Balaban J connectivity index is 1.84. The maximum Gasteiger partial charge on any atom is 0.250 e. The summed E-state index contributed by atoms with van der Waals surface area (Å²) in [5.41, 5.74) is 0. The van der Waals surface area contributed by atoms with E-state index >= 15 is 0 Å². The minimum Gasteiger partial charge on any atom is -0.381 e. The van der Waals surface area contributed by atoms with Gasteiger partial charge in [-0.1, -0.05) is 6.92 Å². The first-order valence-electron chi connectivity index (χ1n) is 7.39. The molecular weight excluding hydrogens is 308 g/mol. The van der Waals surface area contributed by atoms with E-state index in [9.17, 15) is 8.42 Å². The van der Waals surface area contributed by atoms with Gasteiger partial charge in [0.1, 0.15) is 4.21 Å². The molecule has 0 atom stereocenters. The zero-order chi connectivity index (χ0) is 15.3. The summed E-state index contributed by atoms with van der Waals surface area (Å²) in [6, 6.07) is 3.62. The predicted molar refractivity (Wildman–Crippen MR) is 85.3 cm³/mol. The molecule has 1 aromatic rings. The first-order valence-corrected chi connectivity index (χ1v) is 9.69. The molecule has 1 fully saturated rings. The number of methoxy groups -OCH3 is 1. The fourth-order valence-corrected chi connectivity index (χ4v) is 4.92. The van der Waals surface area contributed by atoms with Crippen molar-refractivity contribution >= 4 is 21.4 Å². The molecule has 1 aromatic heterocycles. The van der Waals surface area contributed by atoms with Crippen molar-refractivity contribution in [3.05, 3.63) is 17.0 Å². The van der Waals surface area contributed by atoms with Crippen LogP contribution in [0.15, 0.2) is 16.3 Å². The third kappa shape index (κ3) is 4.75. The fourth-order valence-electron chi connectivity index (χ4n) is 2.28. The first kappa shape index (κ1) is 16.9. The Bertz CT molecular complexity index is 536. The number of sulfonamides is 1. The minimum atomic E-state index is -3.37. The number of hydrogen-bond acceptors (Lipinski definition) is 5. The molecule has 5 nitrogen and oxygen atoms in total. The van der Waals surface area contributed by atoms with Crippen LogP contribution in [0.3, 0.4) is 0 Å². The van der Waals surface area contributed by atoms with Crippen LogP contribution in [0.4, 0.5) is 0 Å². The molecular formula is C14H24N2O3S2. The molecule has 0 bridgehead atoms. The van der Waals surface area contributed by atoms with Gasteiger partial charge in [0.2, 0.25) is 10.0 Å². The SMILES string of the molecule is CCCNCCc1ccc(S(=O)(=O)NC2CC(OC)C2)s1. The van der Waals surface area contributed by atoms with Gasteiger partial charge in [-0.25, -0.2) is 13.1 Å². The molecule has 0 aliphatic heterocycles. The lowest BCUT2D eigenvalue weighted by Crippen LogP contribution is -2.47. The summed E-state index contributed by atoms with van der Waals surface area (Å²) in [7, 11) is -1.71. The fraction of sp³-hybridized carbons (Fsp3) is 0.714. The quantitative estimate of drug-likeness (QED) is 0.676. The van der Waals surface area contributed by atoms with Crippen LogP contribution in [-0.2, 0) is 21.2 Å². The first-order chi connectivity index (χ1) is 10.0. The van der Waals surface area contributed by atoms with E-state index in [1.165, 1.54) is 11.3 Å². The molecule has 2 N–H and O–H groups in total. The predicted octanol–water partition coefficient (Wildman–Crippen LogP) is 1.75. The van der Waals surface area contributed by atoms with Gasteiger partial charge in [0, 0.05) is 18.0 Å². The lowest BCUT2D eigenvalue weighted by molar-refractivity contribution is 0.0236. The summed E-state index contributed by atoms with van der Waals surface area (Å²) in [5.74, 6) is 0.